The highest BCUT2D eigenvalue weighted by Crippen LogP contribution is 2.34. The van der Waals surface area contributed by atoms with Gasteiger partial charge in [0, 0.05) is 24.2 Å². The van der Waals surface area contributed by atoms with Crippen LogP contribution in [0.15, 0.2) is 36.4 Å². The molecule has 6 nitrogen and oxygen atoms in total. The molecule has 0 spiro atoms. The van der Waals surface area contributed by atoms with Crippen molar-refractivity contribution in [3.8, 4) is 0 Å². The van der Waals surface area contributed by atoms with E-state index in [1.165, 1.54) is 34.1 Å². The van der Waals surface area contributed by atoms with Crippen molar-refractivity contribution in [2.75, 3.05) is 13.1 Å². The summed E-state index contributed by atoms with van der Waals surface area (Å²) in [5.74, 6) is -1.50. The molecule has 0 aliphatic carbocycles. The Hall–Kier alpha value is -2.84. The van der Waals surface area contributed by atoms with Gasteiger partial charge < -0.3 is 20.0 Å². The zero-order valence-corrected chi connectivity index (χ0v) is 18.5. The highest BCUT2D eigenvalue weighted by molar-refractivity contribution is 5.99. The summed E-state index contributed by atoms with van der Waals surface area (Å²) in [6.07, 6.45) is -2.03. The zero-order valence-electron chi connectivity index (χ0n) is 18.5. The highest BCUT2D eigenvalue weighted by atomic mass is 19.1. The first-order valence-corrected chi connectivity index (χ1v) is 10.6. The number of aliphatic hydroxyl groups is 2. The summed E-state index contributed by atoms with van der Waals surface area (Å²) in [7, 11) is 0. The van der Waals surface area contributed by atoms with Crippen LogP contribution >= 0.6 is 0 Å². The first-order valence-electron chi connectivity index (χ1n) is 10.6. The molecule has 0 radical (unpaired) electrons. The first-order chi connectivity index (χ1) is 15.0. The largest absolute Gasteiger partial charge is 0.369 e. The molecule has 172 valence electrons. The fraction of sp³-hybridized carbons (Fsp3) is 0.417. The third-order valence-corrected chi connectivity index (χ3v) is 5.31. The van der Waals surface area contributed by atoms with Crippen molar-refractivity contribution >= 4 is 11.8 Å². The van der Waals surface area contributed by atoms with Gasteiger partial charge in [0.2, 0.25) is 0 Å². The van der Waals surface area contributed by atoms with Crippen molar-refractivity contribution in [1.82, 2.24) is 9.80 Å². The van der Waals surface area contributed by atoms with Crippen LogP contribution in [0.4, 0.5) is 8.78 Å². The predicted octanol–water partition coefficient (Wildman–Crippen LogP) is 3.86. The van der Waals surface area contributed by atoms with Crippen LogP contribution in [-0.2, 0) is 0 Å². The normalized spacial score (nSPS) is 19.4. The summed E-state index contributed by atoms with van der Waals surface area (Å²) in [5, 5.41) is 19.8. The second-order valence-corrected chi connectivity index (χ2v) is 8.86. The minimum atomic E-state index is -1.01. The number of aliphatic hydroxyl groups excluding tert-OH is 2. The number of nitrogens with zero attached hydrogens (tertiary/aromatic N) is 2. The molecular weight excluding hydrogens is 418 g/mol. The molecular formula is C24H28F2N2O4. The zero-order chi connectivity index (χ0) is 23.7. The van der Waals surface area contributed by atoms with Crippen LogP contribution in [0.2, 0.25) is 0 Å². The lowest BCUT2D eigenvalue weighted by Gasteiger charge is -2.22. The standard InChI is InChI=1S/2C12H14FNO2/c2*1-7(2)6-14-11(15)8-4-3-5-9(13)10(8)12(14)16/h2*3-5,7,11,15H,6H2,1-2H3. The monoisotopic (exact) mass is 446 g/mol. The summed E-state index contributed by atoms with van der Waals surface area (Å²) in [5.41, 5.74) is 0.752. The summed E-state index contributed by atoms with van der Waals surface area (Å²) < 4.78 is 26.9. The molecule has 2 aliphatic heterocycles. The van der Waals surface area contributed by atoms with Gasteiger partial charge in [0.1, 0.15) is 11.6 Å². The van der Waals surface area contributed by atoms with Gasteiger partial charge in [0.15, 0.2) is 12.5 Å². The molecule has 2 aromatic carbocycles. The van der Waals surface area contributed by atoms with Crippen LogP contribution in [0, 0.1) is 23.5 Å². The molecule has 2 unspecified atom stereocenters. The van der Waals surface area contributed by atoms with E-state index in [2.05, 4.69) is 0 Å². The number of hydrogen-bond donors (Lipinski definition) is 2. The molecule has 0 aromatic heterocycles. The highest BCUT2D eigenvalue weighted by Gasteiger charge is 2.38. The summed E-state index contributed by atoms with van der Waals surface area (Å²) >= 11 is 0. The molecule has 2 amide bonds. The molecule has 0 fully saturated rings. The Morgan fingerprint density at radius 1 is 0.750 bits per heavy atom. The van der Waals surface area contributed by atoms with E-state index in [0.717, 1.165) is 0 Å². The Morgan fingerprint density at radius 2 is 1.09 bits per heavy atom. The van der Waals surface area contributed by atoms with E-state index in [9.17, 15) is 28.6 Å². The second kappa shape index (κ2) is 9.34. The third kappa shape index (κ3) is 4.38. The molecule has 2 heterocycles. The molecule has 2 N–H and O–H groups in total. The number of rotatable bonds is 4. The number of benzene rings is 2. The van der Waals surface area contributed by atoms with Crippen molar-refractivity contribution < 1.29 is 28.6 Å². The Labute approximate surface area is 186 Å². The lowest BCUT2D eigenvalue weighted by atomic mass is 10.1. The maximum absolute atomic E-state index is 13.5. The van der Waals surface area contributed by atoms with Crippen LogP contribution in [0.5, 0.6) is 0 Å². The lowest BCUT2D eigenvalue weighted by Crippen LogP contribution is -2.31. The van der Waals surface area contributed by atoms with Gasteiger partial charge in [-0.05, 0) is 24.0 Å². The van der Waals surface area contributed by atoms with Crippen molar-refractivity contribution in [2.45, 2.75) is 40.2 Å². The molecule has 2 atom stereocenters. The fourth-order valence-electron chi connectivity index (χ4n) is 3.96. The van der Waals surface area contributed by atoms with E-state index in [-0.39, 0.29) is 23.0 Å². The van der Waals surface area contributed by atoms with Gasteiger partial charge in [-0.3, -0.25) is 9.59 Å². The van der Waals surface area contributed by atoms with Crippen molar-refractivity contribution in [2.24, 2.45) is 11.8 Å². The molecule has 4 rings (SSSR count). The average molecular weight is 446 g/mol. The van der Waals surface area contributed by atoms with Crippen LogP contribution in [-0.4, -0.2) is 44.9 Å². The molecule has 8 heteroatoms. The SMILES string of the molecule is CC(C)CN1C(=O)c2c(F)cccc2C1O.CC(C)CN1C(=O)c2c(F)cccc2C1O. The lowest BCUT2D eigenvalue weighted by molar-refractivity contribution is 0.0119. The van der Waals surface area contributed by atoms with E-state index in [4.69, 9.17) is 0 Å². The van der Waals surface area contributed by atoms with Gasteiger partial charge in [-0.2, -0.15) is 0 Å². The van der Waals surface area contributed by atoms with Crippen molar-refractivity contribution in [3.05, 3.63) is 70.3 Å². The smallest absolute Gasteiger partial charge is 0.259 e. The summed E-state index contributed by atoms with van der Waals surface area (Å²) in [4.78, 5) is 26.4. The second-order valence-electron chi connectivity index (χ2n) is 8.86. The quantitative estimate of drug-likeness (QED) is 0.748. The predicted molar refractivity (Wildman–Crippen MR) is 114 cm³/mol. The minimum absolute atomic E-state index is 0.00986. The first kappa shape index (κ1) is 23.8. The third-order valence-electron chi connectivity index (χ3n) is 5.31. The van der Waals surface area contributed by atoms with Crippen LogP contribution in [0.3, 0.4) is 0 Å². The Kier molecular flexibility index (Phi) is 6.95. The number of halogens is 2. The molecule has 32 heavy (non-hydrogen) atoms. The van der Waals surface area contributed by atoms with E-state index >= 15 is 0 Å². The Morgan fingerprint density at radius 3 is 1.38 bits per heavy atom. The van der Waals surface area contributed by atoms with Gasteiger partial charge in [-0.15, -0.1) is 0 Å². The number of fused-ring (bicyclic) bond motifs is 2. The number of amides is 2. The molecule has 0 saturated heterocycles. The molecule has 2 aromatic rings. The molecule has 0 saturated carbocycles. The maximum atomic E-state index is 13.5. The van der Waals surface area contributed by atoms with Gasteiger partial charge in [0.05, 0.1) is 11.1 Å². The summed E-state index contributed by atoms with van der Waals surface area (Å²) in [6, 6.07) is 8.65. The number of carbonyl (C=O) groups excluding carboxylic acids is 2. The van der Waals surface area contributed by atoms with Gasteiger partial charge >= 0.3 is 0 Å². The average Bonchev–Trinajstić information content (AvgIpc) is 3.10. The van der Waals surface area contributed by atoms with Crippen LogP contribution in [0.1, 0.15) is 72.0 Å². The number of hydrogen-bond acceptors (Lipinski definition) is 4. The molecule has 2 aliphatic rings. The van der Waals surface area contributed by atoms with Gasteiger partial charge in [0.25, 0.3) is 11.8 Å². The van der Waals surface area contributed by atoms with Crippen LogP contribution < -0.4 is 0 Å². The van der Waals surface area contributed by atoms with Gasteiger partial charge in [-0.1, -0.05) is 52.0 Å². The number of carbonyl (C=O) groups is 2. The minimum Gasteiger partial charge on any atom is -0.369 e. The van der Waals surface area contributed by atoms with Crippen molar-refractivity contribution in [3.63, 3.8) is 0 Å². The van der Waals surface area contributed by atoms with E-state index in [1.807, 2.05) is 27.7 Å². The topological polar surface area (TPSA) is 81.1 Å². The Bertz CT molecular complexity index is 944. The van der Waals surface area contributed by atoms with Crippen LogP contribution in [0.25, 0.3) is 0 Å². The van der Waals surface area contributed by atoms with E-state index < -0.39 is 35.9 Å². The molecule has 0 bridgehead atoms. The maximum Gasteiger partial charge on any atom is 0.259 e. The fourth-order valence-corrected chi connectivity index (χ4v) is 3.96. The van der Waals surface area contributed by atoms with E-state index in [0.29, 0.717) is 24.2 Å². The Balaban J connectivity index is 0.000000181. The van der Waals surface area contributed by atoms with Crippen molar-refractivity contribution in [1.29, 1.82) is 0 Å². The van der Waals surface area contributed by atoms with Gasteiger partial charge in [-0.25, -0.2) is 8.78 Å². The summed E-state index contributed by atoms with van der Waals surface area (Å²) in [6.45, 7) is 8.62. The van der Waals surface area contributed by atoms with E-state index in [1.54, 1.807) is 12.1 Å².